The molecule has 3 heterocycles. The molecule has 0 amide bonds. The molecule has 3 aliphatic rings. The maximum Gasteiger partial charge on any atom is 0.0667 e. The highest BCUT2D eigenvalue weighted by molar-refractivity contribution is 5.27. The van der Waals surface area contributed by atoms with Gasteiger partial charge in [0.05, 0.1) is 5.69 Å². The minimum atomic E-state index is 0.917. The van der Waals surface area contributed by atoms with Gasteiger partial charge >= 0.3 is 0 Å². The van der Waals surface area contributed by atoms with Crippen molar-refractivity contribution >= 4 is 0 Å². The van der Waals surface area contributed by atoms with E-state index >= 15 is 0 Å². The van der Waals surface area contributed by atoms with Gasteiger partial charge in [-0.15, -0.1) is 0 Å². The maximum absolute atomic E-state index is 4.46. The van der Waals surface area contributed by atoms with Crippen molar-refractivity contribution in [3.63, 3.8) is 0 Å². The Morgan fingerprint density at radius 2 is 2.25 bits per heavy atom. The summed E-state index contributed by atoms with van der Waals surface area (Å²) in [5, 5.41) is 7.69. The molecule has 0 aromatic carbocycles. The topological polar surface area (TPSA) is 35.2 Å². The van der Waals surface area contributed by atoms with Gasteiger partial charge in [-0.2, -0.15) is 5.10 Å². The highest BCUT2D eigenvalue weighted by atomic mass is 15.2. The van der Waals surface area contributed by atoms with Crippen molar-refractivity contribution in [1.82, 2.24) is 20.0 Å². The van der Waals surface area contributed by atoms with Crippen molar-refractivity contribution in [2.45, 2.75) is 51.6 Å². The molecule has 1 aromatic rings. The summed E-state index contributed by atoms with van der Waals surface area (Å²) in [4.78, 5) is 5.38. The van der Waals surface area contributed by atoms with Crippen molar-refractivity contribution in [2.75, 3.05) is 26.2 Å². The standard InChI is InChI=1S/C16H26N4/c1-2-15-14-11-19(6-5-16(14)18-17-15)7-8-20-10-12-3-4-13(20)9-12/h12-13H,2-11H2,1H3,(H,17,18)/t12-,13+/m1/s1. The molecular weight excluding hydrogens is 248 g/mol. The molecule has 1 saturated carbocycles. The average molecular weight is 274 g/mol. The Morgan fingerprint density at radius 1 is 1.30 bits per heavy atom. The van der Waals surface area contributed by atoms with Crippen LogP contribution in [0.25, 0.3) is 0 Å². The number of aromatic amines is 1. The molecule has 4 rings (SSSR count). The highest BCUT2D eigenvalue weighted by Crippen LogP contribution is 2.37. The number of H-pyrrole nitrogens is 1. The van der Waals surface area contributed by atoms with E-state index in [1.807, 2.05) is 0 Å². The fourth-order valence-electron chi connectivity index (χ4n) is 4.46. The van der Waals surface area contributed by atoms with E-state index < -0.39 is 0 Å². The zero-order valence-corrected chi connectivity index (χ0v) is 12.6. The van der Waals surface area contributed by atoms with Crippen molar-refractivity contribution < 1.29 is 0 Å². The number of nitrogens with one attached hydrogen (secondary N) is 1. The van der Waals surface area contributed by atoms with Crippen LogP contribution < -0.4 is 0 Å². The average Bonchev–Trinajstić information content (AvgIpc) is 3.19. The summed E-state index contributed by atoms with van der Waals surface area (Å²) >= 11 is 0. The summed E-state index contributed by atoms with van der Waals surface area (Å²) in [5.41, 5.74) is 4.16. The first-order chi connectivity index (χ1) is 9.83. The van der Waals surface area contributed by atoms with Crippen LogP contribution >= 0.6 is 0 Å². The van der Waals surface area contributed by atoms with Gasteiger partial charge in [0.2, 0.25) is 0 Å². The lowest BCUT2D eigenvalue weighted by atomic mass is 10.0. The van der Waals surface area contributed by atoms with E-state index in [2.05, 4.69) is 26.9 Å². The molecule has 20 heavy (non-hydrogen) atoms. The fraction of sp³-hybridized carbons (Fsp3) is 0.812. The van der Waals surface area contributed by atoms with Crippen LogP contribution in [-0.2, 0) is 19.4 Å². The first-order valence-electron chi connectivity index (χ1n) is 8.35. The molecule has 1 aromatic heterocycles. The van der Waals surface area contributed by atoms with Gasteiger partial charge in [-0.3, -0.25) is 14.9 Å². The lowest BCUT2D eigenvalue weighted by Crippen LogP contribution is -2.41. The summed E-state index contributed by atoms with van der Waals surface area (Å²) in [6.07, 6.45) is 6.62. The Labute approximate surface area is 121 Å². The van der Waals surface area contributed by atoms with Gasteiger partial charge in [0.25, 0.3) is 0 Å². The van der Waals surface area contributed by atoms with Crippen molar-refractivity contribution in [3.8, 4) is 0 Å². The largest absolute Gasteiger partial charge is 0.299 e. The van der Waals surface area contributed by atoms with E-state index in [-0.39, 0.29) is 0 Å². The van der Waals surface area contributed by atoms with Crippen molar-refractivity contribution in [2.24, 2.45) is 5.92 Å². The van der Waals surface area contributed by atoms with Gasteiger partial charge in [-0.25, -0.2) is 0 Å². The molecule has 110 valence electrons. The second-order valence-corrected chi connectivity index (χ2v) is 6.83. The van der Waals surface area contributed by atoms with Gasteiger partial charge < -0.3 is 0 Å². The van der Waals surface area contributed by atoms with Crippen LogP contribution in [0.5, 0.6) is 0 Å². The minimum Gasteiger partial charge on any atom is -0.299 e. The maximum atomic E-state index is 4.46. The van der Waals surface area contributed by atoms with E-state index in [9.17, 15) is 0 Å². The van der Waals surface area contributed by atoms with Gasteiger partial charge in [0.15, 0.2) is 0 Å². The Morgan fingerprint density at radius 3 is 3.00 bits per heavy atom. The molecule has 2 fully saturated rings. The number of piperidine rings is 1. The Bertz CT molecular complexity index is 467. The number of fused-ring (bicyclic) bond motifs is 3. The fourth-order valence-corrected chi connectivity index (χ4v) is 4.46. The number of rotatable bonds is 4. The van der Waals surface area contributed by atoms with E-state index in [1.165, 1.54) is 62.4 Å². The van der Waals surface area contributed by atoms with Crippen LogP contribution in [-0.4, -0.2) is 52.2 Å². The van der Waals surface area contributed by atoms with Gasteiger partial charge in [-0.05, 0) is 31.6 Å². The molecular formula is C16H26N4. The van der Waals surface area contributed by atoms with E-state index in [1.54, 1.807) is 0 Å². The van der Waals surface area contributed by atoms with Crippen LogP contribution in [0.4, 0.5) is 0 Å². The SMILES string of the molecule is CCc1n[nH]c2c1CN(CCN1C[C@@H]3CC[C@H]1C3)CC2. The van der Waals surface area contributed by atoms with Crippen LogP contribution in [0.3, 0.4) is 0 Å². The summed E-state index contributed by atoms with van der Waals surface area (Å²) in [6, 6.07) is 0.917. The lowest BCUT2D eigenvalue weighted by Gasteiger charge is -2.32. The number of likely N-dealkylation sites (tertiary alicyclic amines) is 1. The summed E-state index contributed by atoms with van der Waals surface area (Å²) in [7, 11) is 0. The molecule has 1 N–H and O–H groups in total. The van der Waals surface area contributed by atoms with Crippen LogP contribution in [0.1, 0.15) is 43.1 Å². The molecule has 4 heteroatoms. The van der Waals surface area contributed by atoms with Gasteiger partial charge in [0.1, 0.15) is 0 Å². The normalized spacial score (nSPS) is 30.1. The molecule has 0 spiro atoms. The zero-order chi connectivity index (χ0) is 13.5. The smallest absolute Gasteiger partial charge is 0.0667 e. The first-order valence-corrected chi connectivity index (χ1v) is 8.35. The highest BCUT2D eigenvalue weighted by Gasteiger charge is 2.37. The molecule has 4 nitrogen and oxygen atoms in total. The molecule has 0 radical (unpaired) electrons. The minimum absolute atomic E-state index is 0.917. The zero-order valence-electron chi connectivity index (χ0n) is 12.6. The Hall–Kier alpha value is -0.870. The lowest BCUT2D eigenvalue weighted by molar-refractivity contribution is 0.164. The number of aromatic nitrogens is 2. The molecule has 2 atom stereocenters. The second kappa shape index (κ2) is 5.15. The third-order valence-electron chi connectivity index (χ3n) is 5.66. The third kappa shape index (κ3) is 2.19. The Balaban J connectivity index is 1.34. The molecule has 1 aliphatic carbocycles. The molecule has 1 saturated heterocycles. The quantitative estimate of drug-likeness (QED) is 0.909. The number of aryl methyl sites for hydroxylation is 1. The van der Waals surface area contributed by atoms with Crippen molar-refractivity contribution in [1.29, 1.82) is 0 Å². The van der Waals surface area contributed by atoms with Gasteiger partial charge in [-0.1, -0.05) is 6.92 Å². The van der Waals surface area contributed by atoms with Gasteiger partial charge in [0, 0.05) is 56.4 Å². The molecule has 0 unspecified atom stereocenters. The van der Waals surface area contributed by atoms with Crippen LogP contribution in [0, 0.1) is 5.92 Å². The van der Waals surface area contributed by atoms with E-state index in [4.69, 9.17) is 0 Å². The van der Waals surface area contributed by atoms with Crippen LogP contribution in [0.2, 0.25) is 0 Å². The van der Waals surface area contributed by atoms with Crippen LogP contribution in [0.15, 0.2) is 0 Å². The van der Waals surface area contributed by atoms with E-state index in [0.29, 0.717) is 0 Å². The Kier molecular flexibility index (Phi) is 3.31. The number of hydrogen-bond acceptors (Lipinski definition) is 3. The summed E-state index contributed by atoms with van der Waals surface area (Å²) in [5.74, 6) is 1.02. The first kappa shape index (κ1) is 12.8. The number of hydrogen-bond donors (Lipinski definition) is 1. The molecule has 2 bridgehead atoms. The predicted molar refractivity (Wildman–Crippen MR) is 79.6 cm³/mol. The second-order valence-electron chi connectivity index (χ2n) is 6.83. The monoisotopic (exact) mass is 274 g/mol. The van der Waals surface area contributed by atoms with Crippen molar-refractivity contribution in [3.05, 3.63) is 17.0 Å². The predicted octanol–water partition coefficient (Wildman–Crippen LogP) is 1.81. The third-order valence-corrected chi connectivity index (χ3v) is 5.66. The summed E-state index contributed by atoms with van der Waals surface area (Å²) in [6.45, 7) is 8.38. The van der Waals surface area contributed by atoms with E-state index in [0.717, 1.165) is 31.3 Å². The summed E-state index contributed by atoms with van der Waals surface area (Å²) < 4.78 is 0. The number of nitrogens with zero attached hydrogens (tertiary/aromatic N) is 3. The molecule has 2 aliphatic heterocycles.